The number of amides is 1. The van der Waals surface area contributed by atoms with E-state index in [9.17, 15) is 14.0 Å². The van der Waals surface area contributed by atoms with Crippen LogP contribution < -0.4 is 5.32 Å². The van der Waals surface area contributed by atoms with E-state index in [-0.39, 0.29) is 16.7 Å². The zero-order chi connectivity index (χ0) is 16.8. The van der Waals surface area contributed by atoms with E-state index in [1.807, 2.05) is 0 Å². The average molecular weight is 310 g/mol. The van der Waals surface area contributed by atoms with Crippen LogP contribution in [0, 0.1) is 17.1 Å². The van der Waals surface area contributed by atoms with Crippen LogP contribution in [0.3, 0.4) is 0 Å². The molecule has 0 aliphatic carbocycles. The molecule has 0 spiro atoms. The maximum absolute atomic E-state index is 13.6. The van der Waals surface area contributed by atoms with Crippen LogP contribution in [0.2, 0.25) is 0 Å². The largest absolute Gasteiger partial charge is 0.478 e. The fraction of sp³-hybridized carbons (Fsp3) is 0. The third-order valence-electron chi connectivity index (χ3n) is 2.96. The molecule has 1 amide bonds. The second-order valence-corrected chi connectivity index (χ2v) is 4.53. The van der Waals surface area contributed by atoms with Crippen LogP contribution in [0.25, 0.3) is 6.08 Å². The van der Waals surface area contributed by atoms with Gasteiger partial charge in [0.1, 0.15) is 17.5 Å². The summed E-state index contributed by atoms with van der Waals surface area (Å²) in [6.45, 7) is 0. The van der Waals surface area contributed by atoms with Crippen molar-refractivity contribution in [2.45, 2.75) is 0 Å². The molecule has 0 bridgehead atoms. The van der Waals surface area contributed by atoms with E-state index >= 15 is 0 Å². The molecule has 0 aliphatic heterocycles. The predicted molar refractivity (Wildman–Crippen MR) is 82.0 cm³/mol. The molecule has 114 valence electrons. The van der Waals surface area contributed by atoms with Gasteiger partial charge in [-0.15, -0.1) is 0 Å². The Bertz CT molecular complexity index is 820. The van der Waals surface area contributed by atoms with Crippen LogP contribution in [-0.4, -0.2) is 17.0 Å². The molecule has 0 atom stereocenters. The highest BCUT2D eigenvalue weighted by molar-refractivity contribution is 6.09. The van der Waals surface area contributed by atoms with E-state index < -0.39 is 17.7 Å². The predicted octanol–water partition coefficient (Wildman–Crippen LogP) is 3.07. The molecule has 0 saturated heterocycles. The number of nitriles is 1. The number of carbonyl (C=O) groups excluding carboxylic acids is 1. The minimum atomic E-state index is -1.08. The van der Waals surface area contributed by atoms with Crippen molar-refractivity contribution in [2.75, 3.05) is 5.32 Å². The number of anilines is 1. The van der Waals surface area contributed by atoms with Crippen LogP contribution >= 0.6 is 0 Å². The zero-order valence-electron chi connectivity index (χ0n) is 11.8. The van der Waals surface area contributed by atoms with E-state index in [1.54, 1.807) is 12.1 Å². The van der Waals surface area contributed by atoms with Crippen molar-refractivity contribution < 1.29 is 19.1 Å². The highest BCUT2D eigenvalue weighted by atomic mass is 19.1. The van der Waals surface area contributed by atoms with Crippen molar-refractivity contribution in [3.8, 4) is 6.07 Å². The summed E-state index contributed by atoms with van der Waals surface area (Å²) in [7, 11) is 0. The fourth-order valence-electron chi connectivity index (χ4n) is 1.79. The minimum Gasteiger partial charge on any atom is -0.478 e. The Morgan fingerprint density at radius 3 is 2.35 bits per heavy atom. The normalized spacial score (nSPS) is 10.7. The molecule has 0 aliphatic rings. The molecule has 2 rings (SSSR count). The molecule has 2 N–H and O–H groups in total. The first-order valence-electron chi connectivity index (χ1n) is 6.52. The van der Waals surface area contributed by atoms with E-state index in [0.717, 1.165) is 6.08 Å². The lowest BCUT2D eigenvalue weighted by Crippen LogP contribution is -2.13. The maximum Gasteiger partial charge on any atom is 0.335 e. The first-order chi connectivity index (χ1) is 11.0. The van der Waals surface area contributed by atoms with Crippen LogP contribution in [0.4, 0.5) is 10.1 Å². The van der Waals surface area contributed by atoms with Crippen molar-refractivity contribution >= 4 is 23.6 Å². The lowest BCUT2D eigenvalue weighted by molar-refractivity contribution is -0.112. The average Bonchev–Trinajstić information content (AvgIpc) is 2.54. The van der Waals surface area contributed by atoms with Gasteiger partial charge in [-0.25, -0.2) is 9.18 Å². The summed E-state index contributed by atoms with van der Waals surface area (Å²) in [6.07, 6.45) is 1.15. The Morgan fingerprint density at radius 1 is 1.13 bits per heavy atom. The van der Waals surface area contributed by atoms with Gasteiger partial charge in [0.15, 0.2) is 0 Å². The number of carbonyl (C=O) groups is 2. The number of rotatable bonds is 4. The first kappa shape index (κ1) is 15.9. The Balaban J connectivity index is 2.19. The number of benzene rings is 2. The second kappa shape index (κ2) is 7.00. The third-order valence-corrected chi connectivity index (χ3v) is 2.96. The van der Waals surface area contributed by atoms with Crippen molar-refractivity contribution in [3.63, 3.8) is 0 Å². The molecule has 5 nitrogen and oxygen atoms in total. The minimum absolute atomic E-state index is 0.0744. The quantitative estimate of drug-likeness (QED) is 0.670. The number of carboxylic acid groups (broad SMARTS) is 1. The van der Waals surface area contributed by atoms with Crippen molar-refractivity contribution in [3.05, 3.63) is 71.0 Å². The molecule has 2 aromatic rings. The van der Waals surface area contributed by atoms with E-state index in [0.29, 0.717) is 5.69 Å². The summed E-state index contributed by atoms with van der Waals surface area (Å²) in [6, 6.07) is 12.9. The van der Waals surface area contributed by atoms with Crippen LogP contribution in [0.15, 0.2) is 54.1 Å². The number of aromatic carboxylic acids is 1. The number of nitrogens with zero attached hydrogens (tertiary/aromatic N) is 1. The lowest BCUT2D eigenvalue weighted by atomic mass is 10.1. The second-order valence-electron chi connectivity index (χ2n) is 4.53. The molecule has 0 fully saturated rings. The van der Waals surface area contributed by atoms with E-state index in [2.05, 4.69) is 5.32 Å². The molecule has 2 aromatic carbocycles. The molecule has 0 heterocycles. The molecule has 0 radical (unpaired) electrons. The van der Waals surface area contributed by atoms with Gasteiger partial charge >= 0.3 is 5.97 Å². The number of nitrogens with one attached hydrogen (secondary N) is 1. The molecule has 0 saturated carbocycles. The van der Waals surface area contributed by atoms with Crippen LogP contribution in [0.1, 0.15) is 15.9 Å². The smallest absolute Gasteiger partial charge is 0.335 e. The summed E-state index contributed by atoms with van der Waals surface area (Å²) in [5, 5.41) is 20.3. The first-order valence-corrected chi connectivity index (χ1v) is 6.52. The third kappa shape index (κ3) is 4.02. The highest BCUT2D eigenvalue weighted by Gasteiger charge is 2.11. The van der Waals surface area contributed by atoms with Gasteiger partial charge in [-0.2, -0.15) is 5.26 Å². The van der Waals surface area contributed by atoms with Crippen LogP contribution in [-0.2, 0) is 4.79 Å². The summed E-state index contributed by atoms with van der Waals surface area (Å²) in [5.41, 5.74) is 0.262. The molecule has 6 heteroatoms. The maximum atomic E-state index is 13.6. The SMILES string of the molecule is N#C/C(=C\c1ccccc1F)C(=O)Nc1ccc(C(=O)O)cc1. The number of halogens is 1. The highest BCUT2D eigenvalue weighted by Crippen LogP contribution is 2.14. The zero-order valence-corrected chi connectivity index (χ0v) is 11.8. The Morgan fingerprint density at radius 2 is 1.78 bits per heavy atom. The molecule has 23 heavy (non-hydrogen) atoms. The summed E-state index contributed by atoms with van der Waals surface area (Å²) >= 11 is 0. The van der Waals surface area contributed by atoms with Gasteiger partial charge in [-0.05, 0) is 36.4 Å². The van der Waals surface area contributed by atoms with Gasteiger partial charge < -0.3 is 10.4 Å². The number of hydrogen-bond donors (Lipinski definition) is 2. The van der Waals surface area contributed by atoms with Gasteiger partial charge in [0.25, 0.3) is 5.91 Å². The molecular weight excluding hydrogens is 299 g/mol. The summed E-state index contributed by atoms with van der Waals surface area (Å²) in [4.78, 5) is 22.8. The Hall–Kier alpha value is -3.46. The molecular formula is C17H11FN2O3. The Labute approximate surface area is 131 Å². The monoisotopic (exact) mass is 310 g/mol. The van der Waals surface area contributed by atoms with Gasteiger partial charge in [0, 0.05) is 11.3 Å². The Kier molecular flexibility index (Phi) is 4.85. The topological polar surface area (TPSA) is 90.2 Å². The van der Waals surface area contributed by atoms with Crippen molar-refractivity contribution in [2.24, 2.45) is 0 Å². The number of carboxylic acids is 1. The van der Waals surface area contributed by atoms with E-state index in [1.165, 1.54) is 42.5 Å². The molecule has 0 aromatic heterocycles. The summed E-state index contributed by atoms with van der Waals surface area (Å²) in [5.74, 6) is -2.34. The van der Waals surface area contributed by atoms with E-state index in [4.69, 9.17) is 10.4 Å². The van der Waals surface area contributed by atoms with Gasteiger partial charge in [-0.1, -0.05) is 18.2 Å². The fourth-order valence-corrected chi connectivity index (χ4v) is 1.79. The summed E-state index contributed by atoms with van der Waals surface area (Å²) < 4.78 is 13.6. The van der Waals surface area contributed by atoms with Crippen molar-refractivity contribution in [1.29, 1.82) is 5.26 Å². The number of hydrogen-bond acceptors (Lipinski definition) is 3. The molecule has 0 unspecified atom stereocenters. The lowest BCUT2D eigenvalue weighted by Gasteiger charge is -2.05. The van der Waals surface area contributed by atoms with Crippen LogP contribution in [0.5, 0.6) is 0 Å². The van der Waals surface area contributed by atoms with Gasteiger partial charge in [0.05, 0.1) is 5.56 Å². The van der Waals surface area contributed by atoms with Crippen molar-refractivity contribution in [1.82, 2.24) is 0 Å². The van der Waals surface area contributed by atoms with Gasteiger partial charge in [-0.3, -0.25) is 4.79 Å². The standard InChI is InChI=1S/C17H11FN2O3/c18-15-4-2-1-3-12(15)9-13(10-19)16(21)20-14-7-5-11(6-8-14)17(22)23/h1-9H,(H,20,21)(H,22,23)/b13-9+. The van der Waals surface area contributed by atoms with Gasteiger partial charge in [0.2, 0.25) is 0 Å².